The molecule has 0 saturated heterocycles. The molecule has 4 nitrogen and oxygen atoms in total. The zero-order valence-electron chi connectivity index (χ0n) is 11.6. The van der Waals surface area contributed by atoms with Crippen LogP contribution in [0.2, 0.25) is 0 Å². The van der Waals surface area contributed by atoms with E-state index in [0.29, 0.717) is 19.1 Å². The van der Waals surface area contributed by atoms with Crippen LogP contribution >= 0.6 is 0 Å². The molecule has 0 bridgehead atoms. The smallest absolute Gasteiger partial charge is 0.224 e. The highest BCUT2D eigenvalue weighted by Gasteiger charge is 2.24. The number of benzene rings is 1. The topological polar surface area (TPSA) is 47.6 Å². The first-order valence-corrected chi connectivity index (χ1v) is 7.49. The lowest BCUT2D eigenvalue weighted by Crippen LogP contribution is -2.40. The molecule has 108 valence electrons. The number of hydrogen-bond acceptors (Lipinski definition) is 3. The van der Waals surface area contributed by atoms with Crippen LogP contribution in [-0.4, -0.2) is 24.7 Å². The first-order chi connectivity index (χ1) is 9.81. The maximum atomic E-state index is 12.0. The van der Waals surface area contributed by atoms with E-state index in [9.17, 15) is 4.79 Å². The van der Waals surface area contributed by atoms with Gasteiger partial charge in [-0.15, -0.1) is 0 Å². The fourth-order valence-corrected chi connectivity index (χ4v) is 2.90. The van der Waals surface area contributed by atoms with Crippen LogP contribution < -0.4 is 14.8 Å². The molecule has 1 atom stereocenters. The van der Waals surface area contributed by atoms with E-state index in [1.807, 2.05) is 24.3 Å². The number of ether oxygens (including phenoxy) is 2. The molecule has 3 rings (SSSR count). The van der Waals surface area contributed by atoms with Crippen molar-refractivity contribution in [3.05, 3.63) is 24.3 Å². The van der Waals surface area contributed by atoms with E-state index in [-0.39, 0.29) is 12.0 Å². The summed E-state index contributed by atoms with van der Waals surface area (Å²) in [6.45, 7) is 0.440. The quantitative estimate of drug-likeness (QED) is 0.922. The van der Waals surface area contributed by atoms with E-state index in [1.54, 1.807) is 0 Å². The van der Waals surface area contributed by atoms with Crippen LogP contribution in [0, 0.1) is 0 Å². The molecule has 4 heteroatoms. The highest BCUT2D eigenvalue weighted by Crippen LogP contribution is 2.31. The van der Waals surface area contributed by atoms with Gasteiger partial charge >= 0.3 is 0 Å². The van der Waals surface area contributed by atoms with Gasteiger partial charge in [0.2, 0.25) is 5.91 Å². The molecule has 1 fully saturated rings. The molecule has 1 aliphatic carbocycles. The fourth-order valence-electron chi connectivity index (χ4n) is 2.90. The number of para-hydroxylation sites is 2. The van der Waals surface area contributed by atoms with Crippen molar-refractivity contribution in [2.45, 2.75) is 50.7 Å². The summed E-state index contributed by atoms with van der Waals surface area (Å²) in [5.74, 6) is 1.57. The van der Waals surface area contributed by atoms with E-state index < -0.39 is 0 Å². The van der Waals surface area contributed by atoms with Crippen molar-refractivity contribution in [1.82, 2.24) is 5.32 Å². The second kappa shape index (κ2) is 6.16. The third-order valence-corrected chi connectivity index (χ3v) is 3.95. The van der Waals surface area contributed by atoms with Crippen molar-refractivity contribution in [2.75, 3.05) is 6.61 Å². The van der Waals surface area contributed by atoms with Gasteiger partial charge < -0.3 is 14.8 Å². The third kappa shape index (κ3) is 3.24. The number of carbonyl (C=O) groups is 1. The Bertz CT molecular complexity index is 469. The molecule has 2 aliphatic rings. The molecular formula is C16H21NO3. The Hall–Kier alpha value is -1.71. The molecular weight excluding hydrogens is 254 g/mol. The first kappa shape index (κ1) is 13.3. The first-order valence-electron chi connectivity index (χ1n) is 7.49. The van der Waals surface area contributed by atoms with Crippen LogP contribution in [0.1, 0.15) is 38.5 Å². The second-order valence-corrected chi connectivity index (χ2v) is 5.60. The largest absolute Gasteiger partial charge is 0.486 e. The summed E-state index contributed by atoms with van der Waals surface area (Å²) in [6, 6.07) is 7.94. The number of hydrogen-bond donors (Lipinski definition) is 1. The average molecular weight is 275 g/mol. The Kier molecular flexibility index (Phi) is 4.09. The molecule has 0 radical (unpaired) electrons. The lowest BCUT2D eigenvalue weighted by atomic mass is 9.95. The minimum atomic E-state index is -0.187. The Morgan fingerprint density at radius 1 is 1.15 bits per heavy atom. The Morgan fingerprint density at radius 2 is 1.90 bits per heavy atom. The maximum Gasteiger partial charge on any atom is 0.224 e. The minimum absolute atomic E-state index is 0.0740. The predicted molar refractivity (Wildman–Crippen MR) is 76.0 cm³/mol. The Balaban J connectivity index is 1.50. The van der Waals surface area contributed by atoms with Gasteiger partial charge in [0.15, 0.2) is 11.5 Å². The minimum Gasteiger partial charge on any atom is -0.486 e. The van der Waals surface area contributed by atoms with Crippen LogP contribution in [0.25, 0.3) is 0 Å². The van der Waals surface area contributed by atoms with Gasteiger partial charge in [-0.3, -0.25) is 4.79 Å². The van der Waals surface area contributed by atoms with Crippen molar-refractivity contribution in [1.29, 1.82) is 0 Å². The average Bonchev–Trinajstić information content (AvgIpc) is 2.48. The highest BCUT2D eigenvalue weighted by atomic mass is 16.6. The van der Waals surface area contributed by atoms with Crippen LogP contribution in [0.15, 0.2) is 24.3 Å². The SMILES string of the molecule is O=C(C[C@H]1COc2ccccc2O1)NC1CCCCC1. The Morgan fingerprint density at radius 3 is 2.70 bits per heavy atom. The van der Waals surface area contributed by atoms with Crippen LogP contribution in [0.5, 0.6) is 11.5 Å². The van der Waals surface area contributed by atoms with Crippen molar-refractivity contribution < 1.29 is 14.3 Å². The second-order valence-electron chi connectivity index (χ2n) is 5.60. The van der Waals surface area contributed by atoms with Gasteiger partial charge in [0.05, 0.1) is 6.42 Å². The summed E-state index contributed by atoms with van der Waals surface area (Å²) >= 11 is 0. The molecule has 1 aromatic carbocycles. The van der Waals surface area contributed by atoms with E-state index in [1.165, 1.54) is 19.3 Å². The van der Waals surface area contributed by atoms with E-state index in [0.717, 1.165) is 24.3 Å². The molecule has 1 N–H and O–H groups in total. The summed E-state index contributed by atoms with van der Waals surface area (Å²) in [7, 11) is 0. The fraction of sp³-hybridized carbons (Fsp3) is 0.562. The highest BCUT2D eigenvalue weighted by molar-refractivity contribution is 5.76. The molecule has 1 saturated carbocycles. The predicted octanol–water partition coefficient (Wildman–Crippen LogP) is 2.67. The normalized spacial score (nSPS) is 22.3. The van der Waals surface area contributed by atoms with E-state index in [4.69, 9.17) is 9.47 Å². The molecule has 1 heterocycles. The lowest BCUT2D eigenvalue weighted by Gasteiger charge is -2.27. The molecule has 1 amide bonds. The van der Waals surface area contributed by atoms with Gasteiger partial charge in [0, 0.05) is 6.04 Å². The summed E-state index contributed by atoms with van der Waals surface area (Å²) in [5.41, 5.74) is 0. The van der Waals surface area contributed by atoms with Crippen molar-refractivity contribution >= 4 is 5.91 Å². The number of fused-ring (bicyclic) bond motifs is 1. The van der Waals surface area contributed by atoms with Gasteiger partial charge in [0.1, 0.15) is 12.7 Å². The summed E-state index contributed by atoms with van der Waals surface area (Å²) in [6.07, 6.45) is 6.14. The van der Waals surface area contributed by atoms with Crippen LogP contribution in [0.4, 0.5) is 0 Å². The number of nitrogens with one attached hydrogen (secondary N) is 1. The number of amides is 1. The number of carbonyl (C=O) groups excluding carboxylic acids is 1. The van der Waals surface area contributed by atoms with Crippen molar-refractivity contribution in [2.24, 2.45) is 0 Å². The van der Waals surface area contributed by atoms with Crippen molar-refractivity contribution in [3.8, 4) is 11.5 Å². The summed E-state index contributed by atoms with van der Waals surface area (Å²) in [5, 5.41) is 3.12. The number of rotatable bonds is 3. The van der Waals surface area contributed by atoms with Gasteiger partial charge in [-0.05, 0) is 25.0 Å². The standard InChI is InChI=1S/C16H21NO3/c18-16(17-12-6-2-1-3-7-12)10-13-11-19-14-8-4-5-9-15(14)20-13/h4-5,8-9,12-13H,1-3,6-7,10-11H2,(H,17,18)/t13-/m0/s1. The van der Waals surface area contributed by atoms with Gasteiger partial charge in [-0.2, -0.15) is 0 Å². The van der Waals surface area contributed by atoms with Gasteiger partial charge in [-0.25, -0.2) is 0 Å². The zero-order valence-corrected chi connectivity index (χ0v) is 11.6. The summed E-state index contributed by atoms with van der Waals surface area (Å²) in [4.78, 5) is 12.0. The van der Waals surface area contributed by atoms with Gasteiger partial charge in [-0.1, -0.05) is 31.4 Å². The van der Waals surface area contributed by atoms with Gasteiger partial charge in [0.25, 0.3) is 0 Å². The molecule has 0 unspecified atom stereocenters. The zero-order chi connectivity index (χ0) is 13.8. The molecule has 0 aromatic heterocycles. The Labute approximate surface area is 119 Å². The molecule has 0 spiro atoms. The van der Waals surface area contributed by atoms with Crippen LogP contribution in [0.3, 0.4) is 0 Å². The summed E-state index contributed by atoms with van der Waals surface area (Å²) < 4.78 is 11.4. The third-order valence-electron chi connectivity index (χ3n) is 3.95. The lowest BCUT2D eigenvalue weighted by molar-refractivity contribution is -0.124. The van der Waals surface area contributed by atoms with Crippen molar-refractivity contribution in [3.63, 3.8) is 0 Å². The molecule has 1 aliphatic heterocycles. The van der Waals surface area contributed by atoms with Crippen LogP contribution in [-0.2, 0) is 4.79 Å². The molecule has 20 heavy (non-hydrogen) atoms. The monoisotopic (exact) mass is 275 g/mol. The van der Waals surface area contributed by atoms with E-state index in [2.05, 4.69) is 5.32 Å². The molecule has 1 aromatic rings. The maximum absolute atomic E-state index is 12.0. The van der Waals surface area contributed by atoms with E-state index >= 15 is 0 Å².